The molecule has 0 heterocycles. The van der Waals surface area contributed by atoms with Gasteiger partial charge < -0.3 is 14.7 Å². The third-order valence-electron chi connectivity index (χ3n) is 2.95. The fraction of sp³-hybridized carbons (Fsp3) is 0.200. The number of hydrogen-bond acceptors (Lipinski definition) is 1. The maximum Gasteiger partial charge on any atom is 0.466 e. The summed E-state index contributed by atoms with van der Waals surface area (Å²) in [7, 11) is -4.64. The molecule has 4 nitrogen and oxygen atoms in total. The van der Waals surface area contributed by atoms with Crippen molar-refractivity contribution in [3.63, 3.8) is 0 Å². The van der Waals surface area contributed by atoms with Gasteiger partial charge in [-0.1, -0.05) is 0 Å². The van der Waals surface area contributed by atoms with E-state index in [0.29, 0.717) is 5.92 Å². The van der Waals surface area contributed by atoms with Crippen molar-refractivity contribution >= 4 is 38.6 Å². The molecule has 0 saturated heterocycles. The van der Waals surface area contributed by atoms with E-state index < -0.39 is 7.82 Å². The van der Waals surface area contributed by atoms with E-state index in [4.69, 9.17) is 19.2 Å². The predicted molar refractivity (Wildman–Crippen MR) is 85.6 cm³/mol. The van der Waals surface area contributed by atoms with E-state index in [-0.39, 0.29) is 0 Å². The molecule has 0 fully saturated rings. The van der Waals surface area contributed by atoms with E-state index in [9.17, 15) is 0 Å². The van der Waals surface area contributed by atoms with Crippen LogP contribution in [0.25, 0.3) is 11.1 Å². The zero-order valence-electron chi connectivity index (χ0n) is 12.4. The maximum atomic E-state index is 8.88. The molecule has 0 aliphatic carbocycles. The van der Waals surface area contributed by atoms with Crippen LogP contribution in [0.4, 0.5) is 0 Å². The Hall–Kier alpha value is -0.450. The molecule has 0 amide bonds. The van der Waals surface area contributed by atoms with E-state index >= 15 is 0 Å². The second-order valence-electron chi connectivity index (χ2n) is 5.12. The van der Waals surface area contributed by atoms with Gasteiger partial charge in [-0.15, -0.1) is 0 Å². The molecule has 21 heavy (non-hydrogen) atoms. The summed E-state index contributed by atoms with van der Waals surface area (Å²) in [6.07, 6.45) is 0. The molecule has 0 saturated carbocycles. The van der Waals surface area contributed by atoms with Gasteiger partial charge in [-0.3, -0.25) is 0 Å². The van der Waals surface area contributed by atoms with E-state index in [1.165, 1.54) is 19.5 Å². The third-order valence-corrected chi connectivity index (χ3v) is 3.61. The van der Waals surface area contributed by atoms with Crippen molar-refractivity contribution in [3.8, 4) is 11.1 Å². The average molecular weight is 316 g/mol. The zero-order chi connectivity index (χ0) is 16.0. The average Bonchev–Trinajstić information content (AvgIpc) is 2.37. The molecule has 2 aromatic rings. The van der Waals surface area contributed by atoms with Crippen molar-refractivity contribution in [2.45, 2.75) is 19.8 Å². The summed E-state index contributed by atoms with van der Waals surface area (Å²) in [4.78, 5) is 21.6. The van der Waals surface area contributed by atoms with Crippen LogP contribution in [0.1, 0.15) is 25.3 Å². The van der Waals surface area contributed by atoms with Gasteiger partial charge in [0.2, 0.25) is 0 Å². The Morgan fingerprint density at radius 1 is 0.952 bits per heavy atom. The zero-order valence-corrected chi connectivity index (χ0v) is 15.3. The molecule has 0 radical (unpaired) electrons. The molecule has 3 N–H and O–H groups in total. The Bertz CT molecular complexity index is 612. The molecular weight excluding hydrogens is 298 g/mol. The Balaban J connectivity index is 0.000000383. The number of hydrogen-bond donors (Lipinski definition) is 3. The van der Waals surface area contributed by atoms with Gasteiger partial charge in [0.25, 0.3) is 0 Å². The summed E-state index contributed by atoms with van der Waals surface area (Å²) in [5, 5.41) is 0. The van der Waals surface area contributed by atoms with E-state index in [0.717, 1.165) is 27.9 Å². The Labute approximate surface area is 142 Å². The van der Waals surface area contributed by atoms with Gasteiger partial charge in [0.1, 0.15) is 0 Å². The van der Waals surface area contributed by atoms with E-state index in [1.807, 2.05) is 0 Å². The summed E-state index contributed by atoms with van der Waals surface area (Å²) in [6.45, 7) is 4.50. The van der Waals surface area contributed by atoms with Crippen LogP contribution in [-0.4, -0.2) is 42.6 Å². The van der Waals surface area contributed by atoms with Gasteiger partial charge in [-0.25, -0.2) is 4.57 Å². The minimum absolute atomic E-state index is 0.576. The van der Waals surface area contributed by atoms with Gasteiger partial charge in [0.05, 0.1) is 0 Å². The van der Waals surface area contributed by atoms with Crippen LogP contribution in [0, 0.1) is 0 Å². The Morgan fingerprint density at radius 2 is 1.43 bits per heavy atom. The fourth-order valence-electron chi connectivity index (χ4n) is 2.00. The monoisotopic (exact) mass is 316 g/mol. The molecule has 0 aliphatic rings. The molecule has 6 heteroatoms. The summed E-state index contributed by atoms with van der Waals surface area (Å²) in [5.41, 5.74) is 4.15. The molecule has 0 unspecified atom stereocenters. The van der Waals surface area contributed by atoms with Crippen LogP contribution >= 0.6 is 7.82 Å². The molecule has 0 aromatic heterocycles. The Morgan fingerprint density at radius 3 is 1.90 bits per heavy atom. The van der Waals surface area contributed by atoms with Gasteiger partial charge >= 0.3 is 124 Å². The molecule has 0 spiro atoms. The molecule has 108 valence electrons. The SMILES string of the molecule is CC(C)c1ccccc1-c1cc[c]([Na])cc1.O=P(O)(O)O. The van der Waals surface area contributed by atoms with E-state index in [1.54, 1.807) is 0 Å². The smallest absolute Gasteiger partial charge is 0.303 e. The molecule has 0 atom stereocenters. The first-order valence-electron chi connectivity index (χ1n) is 6.62. The van der Waals surface area contributed by atoms with Gasteiger partial charge in [0, 0.05) is 0 Å². The van der Waals surface area contributed by atoms with E-state index in [2.05, 4.69) is 62.4 Å². The molecule has 2 rings (SSSR count). The minimum Gasteiger partial charge on any atom is -0.303 e. The van der Waals surface area contributed by atoms with Gasteiger partial charge in [-0.2, -0.15) is 0 Å². The quantitative estimate of drug-likeness (QED) is 0.587. The fourth-order valence-corrected chi connectivity index (χ4v) is 2.33. The van der Waals surface area contributed by atoms with Crippen molar-refractivity contribution < 1.29 is 19.2 Å². The number of rotatable bonds is 2. The predicted octanol–water partition coefficient (Wildman–Crippen LogP) is 2.34. The molecule has 0 aliphatic heterocycles. The van der Waals surface area contributed by atoms with Crippen molar-refractivity contribution in [2.24, 2.45) is 0 Å². The first-order chi connectivity index (χ1) is 9.68. The second kappa shape index (κ2) is 8.25. The van der Waals surface area contributed by atoms with Crippen molar-refractivity contribution in [1.82, 2.24) is 0 Å². The van der Waals surface area contributed by atoms with Crippen LogP contribution in [-0.2, 0) is 4.57 Å². The van der Waals surface area contributed by atoms with Gasteiger partial charge in [-0.05, 0) is 0 Å². The maximum absolute atomic E-state index is 8.88. The summed E-state index contributed by atoms with van der Waals surface area (Å²) >= 11 is 1.13. The minimum atomic E-state index is -4.64. The van der Waals surface area contributed by atoms with Crippen molar-refractivity contribution in [2.75, 3.05) is 0 Å². The topological polar surface area (TPSA) is 77.8 Å². The van der Waals surface area contributed by atoms with Crippen LogP contribution in [0.15, 0.2) is 48.5 Å². The largest absolute Gasteiger partial charge is 0.466 e. The third kappa shape index (κ3) is 7.39. The summed E-state index contributed by atoms with van der Waals surface area (Å²) in [5.74, 6) is 0.576. The molecule has 0 bridgehead atoms. The first-order valence-corrected chi connectivity index (χ1v) is 9.19. The van der Waals surface area contributed by atoms with Gasteiger partial charge in [0.15, 0.2) is 0 Å². The molecule has 2 aromatic carbocycles. The second-order valence-corrected chi connectivity index (χ2v) is 7.30. The number of phosphoric acid groups is 1. The van der Waals surface area contributed by atoms with Crippen LogP contribution in [0.3, 0.4) is 0 Å². The standard InChI is InChI=1S/C15H15.Na.H3O4P/c1-12(2)14-10-6-7-11-15(14)13-8-4-3-5-9-13;;1-5(2,3)4/h4-12H,1-2H3;;(H3,1,2,3,4). The van der Waals surface area contributed by atoms with Crippen LogP contribution in [0.2, 0.25) is 0 Å². The number of benzene rings is 2. The summed E-state index contributed by atoms with van der Waals surface area (Å²) in [6, 6.07) is 17.6. The van der Waals surface area contributed by atoms with Crippen LogP contribution in [0.5, 0.6) is 0 Å². The van der Waals surface area contributed by atoms with Crippen molar-refractivity contribution in [3.05, 3.63) is 54.1 Å². The molecular formula is C15H18NaO4P. The van der Waals surface area contributed by atoms with Crippen molar-refractivity contribution in [1.29, 1.82) is 0 Å². The first kappa shape index (κ1) is 18.6. The normalized spacial score (nSPS) is 11.0. The van der Waals surface area contributed by atoms with Crippen LogP contribution < -0.4 is 2.81 Å². The Kier molecular flexibility index (Phi) is 7.31. The summed E-state index contributed by atoms with van der Waals surface area (Å²) < 4.78 is 10.3.